The van der Waals surface area contributed by atoms with Crippen molar-refractivity contribution in [3.63, 3.8) is 0 Å². The molecular weight excluding hydrogens is 716 g/mol. The number of halogens is 2. The van der Waals surface area contributed by atoms with Crippen molar-refractivity contribution in [1.29, 1.82) is 0 Å². The van der Waals surface area contributed by atoms with E-state index in [2.05, 4.69) is 89.3 Å². The Morgan fingerprint density at radius 1 is 0.696 bits per heavy atom. The number of imidazole rings is 2. The van der Waals surface area contributed by atoms with Crippen molar-refractivity contribution in [2.45, 2.75) is 90.1 Å². The normalized spacial score (nSPS) is 26.7. The highest BCUT2D eigenvalue weighted by molar-refractivity contribution is 9.10. The molecule has 0 aliphatic carbocycles. The lowest BCUT2D eigenvalue weighted by atomic mass is 9.79. The van der Waals surface area contributed by atoms with E-state index in [0.717, 1.165) is 61.5 Å². The number of hydrogen-bond acceptors (Lipinski definition) is 8. The van der Waals surface area contributed by atoms with Gasteiger partial charge in [-0.2, -0.15) is 0 Å². The topological polar surface area (TPSA) is 153 Å². The standard InChI is InChI=1S/2C16H20BrN5O/c2*1-16(2)7-11(23)22-8-9(3-4-10(16)22)15-20-13(17)12-14(18)19-5-6-21(12)15/h2*5-6,9-10H,3-4,7-8H2,1-2H3,(H2,18,19)/t2*9-,10+/m10/s1. The number of piperidine rings is 2. The molecule has 4 aliphatic heterocycles. The summed E-state index contributed by atoms with van der Waals surface area (Å²) in [5.41, 5.74) is 13.7. The molecule has 0 spiro atoms. The number of aromatic nitrogens is 6. The Balaban J connectivity index is 0.000000147. The molecule has 0 saturated carbocycles. The Kier molecular flexibility index (Phi) is 7.61. The fourth-order valence-electron chi connectivity index (χ4n) is 8.42. The summed E-state index contributed by atoms with van der Waals surface area (Å²) >= 11 is 6.98. The molecule has 4 N–H and O–H groups in total. The molecule has 0 bridgehead atoms. The highest BCUT2D eigenvalue weighted by Gasteiger charge is 2.49. The van der Waals surface area contributed by atoms with Crippen molar-refractivity contribution in [2.24, 2.45) is 10.8 Å². The molecular formula is C32H40Br2N10O2. The first-order valence-electron chi connectivity index (χ1n) is 15.9. The van der Waals surface area contributed by atoms with Crippen LogP contribution in [0.25, 0.3) is 11.0 Å². The number of nitrogens with two attached hydrogens (primary N) is 2. The number of rotatable bonds is 2. The number of carbonyl (C=O) groups is 2. The van der Waals surface area contributed by atoms with Gasteiger partial charge in [-0.15, -0.1) is 0 Å². The van der Waals surface area contributed by atoms with E-state index in [0.29, 0.717) is 45.8 Å². The molecule has 2 amide bonds. The molecule has 0 radical (unpaired) electrons. The molecule has 0 unspecified atom stereocenters. The summed E-state index contributed by atoms with van der Waals surface area (Å²) in [6.45, 7) is 10.3. The average Bonchev–Trinajstić information content (AvgIpc) is 3.67. The first kappa shape index (κ1) is 31.3. The van der Waals surface area contributed by atoms with Gasteiger partial charge >= 0.3 is 0 Å². The number of nitrogen functional groups attached to an aromatic ring is 2. The van der Waals surface area contributed by atoms with Gasteiger partial charge in [-0.3, -0.25) is 18.4 Å². The minimum atomic E-state index is 0.0750. The van der Waals surface area contributed by atoms with Gasteiger partial charge in [0.05, 0.1) is 0 Å². The van der Waals surface area contributed by atoms with Crippen LogP contribution >= 0.6 is 31.9 Å². The van der Waals surface area contributed by atoms with Gasteiger partial charge in [0.15, 0.2) is 11.6 Å². The number of hydrogen-bond donors (Lipinski definition) is 2. The van der Waals surface area contributed by atoms with E-state index in [1.54, 1.807) is 12.4 Å². The smallest absolute Gasteiger partial charge is 0.223 e. The van der Waals surface area contributed by atoms with Gasteiger partial charge in [0.1, 0.15) is 31.9 Å². The van der Waals surface area contributed by atoms with Crippen LogP contribution in [0.1, 0.15) is 89.7 Å². The van der Waals surface area contributed by atoms with Gasteiger partial charge in [0, 0.05) is 74.6 Å². The van der Waals surface area contributed by atoms with Crippen LogP contribution in [0, 0.1) is 10.8 Å². The second kappa shape index (κ2) is 11.2. The molecule has 244 valence electrons. The van der Waals surface area contributed by atoms with Gasteiger partial charge in [-0.05, 0) is 68.4 Å². The Hall–Kier alpha value is -3.26. The maximum absolute atomic E-state index is 12.4. The van der Waals surface area contributed by atoms with Crippen molar-refractivity contribution in [2.75, 3.05) is 24.6 Å². The summed E-state index contributed by atoms with van der Waals surface area (Å²) in [5.74, 6) is 3.83. The van der Waals surface area contributed by atoms with Crippen LogP contribution in [0.5, 0.6) is 0 Å². The summed E-state index contributed by atoms with van der Waals surface area (Å²) in [6.07, 6.45) is 12.6. The third-order valence-corrected chi connectivity index (χ3v) is 11.8. The summed E-state index contributed by atoms with van der Waals surface area (Å²) in [7, 11) is 0. The van der Waals surface area contributed by atoms with Crippen LogP contribution in [0.2, 0.25) is 0 Å². The van der Waals surface area contributed by atoms with E-state index in [-0.39, 0.29) is 34.5 Å². The van der Waals surface area contributed by atoms with Crippen LogP contribution in [0.4, 0.5) is 11.6 Å². The van der Waals surface area contributed by atoms with Crippen LogP contribution in [0.3, 0.4) is 0 Å². The predicted octanol–water partition coefficient (Wildman–Crippen LogP) is 5.16. The lowest BCUT2D eigenvalue weighted by Crippen LogP contribution is -2.44. The van der Waals surface area contributed by atoms with Crippen molar-refractivity contribution in [3.8, 4) is 0 Å². The summed E-state index contributed by atoms with van der Waals surface area (Å²) in [5, 5.41) is 0. The van der Waals surface area contributed by atoms with Crippen molar-refractivity contribution in [1.82, 2.24) is 38.5 Å². The van der Waals surface area contributed by atoms with E-state index in [4.69, 9.17) is 11.5 Å². The van der Waals surface area contributed by atoms with Gasteiger partial charge in [0.2, 0.25) is 11.8 Å². The van der Waals surface area contributed by atoms with E-state index >= 15 is 0 Å². The molecule has 14 heteroatoms. The molecule has 0 aromatic carbocycles. The van der Waals surface area contributed by atoms with E-state index < -0.39 is 0 Å². The quantitative estimate of drug-likeness (QED) is 0.285. The largest absolute Gasteiger partial charge is 0.382 e. The first-order valence-corrected chi connectivity index (χ1v) is 17.5. The molecule has 4 saturated heterocycles. The van der Waals surface area contributed by atoms with Crippen LogP contribution in [0.15, 0.2) is 34.0 Å². The van der Waals surface area contributed by atoms with Gasteiger partial charge in [-0.1, -0.05) is 27.7 Å². The number of anilines is 2. The molecule has 46 heavy (non-hydrogen) atoms. The summed E-state index contributed by atoms with van der Waals surface area (Å²) in [6, 6.07) is 0.709. The lowest BCUT2D eigenvalue weighted by Gasteiger charge is -2.39. The number of nitrogens with zero attached hydrogens (tertiary/aromatic N) is 8. The molecule has 4 atom stereocenters. The number of carbonyl (C=O) groups excluding carboxylic acids is 2. The molecule has 12 nitrogen and oxygen atoms in total. The van der Waals surface area contributed by atoms with E-state index in [1.807, 2.05) is 21.2 Å². The van der Waals surface area contributed by atoms with Crippen molar-refractivity contribution in [3.05, 3.63) is 45.6 Å². The van der Waals surface area contributed by atoms with Crippen molar-refractivity contribution >= 4 is 66.3 Å². The van der Waals surface area contributed by atoms with Crippen LogP contribution in [-0.2, 0) is 9.59 Å². The zero-order chi connectivity index (χ0) is 32.7. The zero-order valence-electron chi connectivity index (χ0n) is 26.6. The van der Waals surface area contributed by atoms with Gasteiger partial charge in [0.25, 0.3) is 0 Å². The number of fused-ring (bicyclic) bond motifs is 4. The Bertz CT molecular complexity index is 1730. The minimum Gasteiger partial charge on any atom is -0.382 e. The maximum atomic E-state index is 12.4. The van der Waals surface area contributed by atoms with E-state index in [1.165, 1.54) is 0 Å². The molecule has 4 aromatic rings. The first-order chi connectivity index (χ1) is 21.8. The fraction of sp³-hybridized carbons (Fsp3) is 0.562. The van der Waals surface area contributed by atoms with Crippen molar-refractivity contribution < 1.29 is 9.59 Å². The molecule has 4 aliphatic rings. The minimum absolute atomic E-state index is 0.0750. The van der Waals surface area contributed by atoms with E-state index in [9.17, 15) is 9.59 Å². The highest BCUT2D eigenvalue weighted by Crippen LogP contribution is 2.46. The Morgan fingerprint density at radius 3 is 1.48 bits per heavy atom. The summed E-state index contributed by atoms with van der Waals surface area (Å²) in [4.78, 5) is 46.5. The average molecular weight is 757 g/mol. The predicted molar refractivity (Wildman–Crippen MR) is 182 cm³/mol. The molecule has 4 aromatic heterocycles. The van der Waals surface area contributed by atoms with Gasteiger partial charge < -0.3 is 21.3 Å². The maximum Gasteiger partial charge on any atom is 0.223 e. The second-order valence-electron chi connectivity index (χ2n) is 14.6. The summed E-state index contributed by atoms with van der Waals surface area (Å²) < 4.78 is 5.44. The third-order valence-electron chi connectivity index (χ3n) is 10.7. The Labute approximate surface area is 284 Å². The fourth-order valence-corrected chi connectivity index (χ4v) is 9.57. The third kappa shape index (κ3) is 5.06. The Morgan fingerprint density at radius 2 is 1.09 bits per heavy atom. The second-order valence-corrected chi connectivity index (χ2v) is 16.1. The van der Waals surface area contributed by atoms with Crippen LogP contribution in [-0.4, -0.2) is 75.5 Å². The monoisotopic (exact) mass is 754 g/mol. The van der Waals surface area contributed by atoms with Gasteiger partial charge in [-0.25, -0.2) is 19.9 Å². The molecule has 8 heterocycles. The SMILES string of the molecule is CC1(C)CC(=O)N2C[C@@H](c3nc(Br)c4c(N)nccn34)CC[C@@H]21.CC1(C)CC(=O)N2C[C@H](c3nc(Br)c4c(N)nccn34)CC[C@H]21. The molecule has 8 rings (SSSR count). The number of amides is 2. The lowest BCUT2D eigenvalue weighted by molar-refractivity contribution is -0.131. The van der Waals surface area contributed by atoms with Crippen LogP contribution < -0.4 is 11.5 Å². The zero-order valence-corrected chi connectivity index (χ0v) is 29.8. The molecule has 4 fully saturated rings. The highest BCUT2D eigenvalue weighted by atomic mass is 79.9.